The van der Waals surface area contributed by atoms with E-state index in [0.29, 0.717) is 5.92 Å². The van der Waals surface area contributed by atoms with E-state index in [4.69, 9.17) is 10.5 Å². The van der Waals surface area contributed by atoms with Gasteiger partial charge >= 0.3 is 0 Å². The van der Waals surface area contributed by atoms with Gasteiger partial charge in [-0.05, 0) is 36.6 Å². The molecule has 4 heteroatoms. The van der Waals surface area contributed by atoms with E-state index in [9.17, 15) is 0 Å². The van der Waals surface area contributed by atoms with E-state index >= 15 is 0 Å². The number of rotatable bonds is 7. The van der Waals surface area contributed by atoms with Gasteiger partial charge in [0.2, 0.25) is 0 Å². The number of nitrogens with two attached hydrogens (primary N) is 1. The van der Waals surface area contributed by atoms with Crippen LogP contribution in [-0.4, -0.2) is 26.8 Å². The Morgan fingerprint density at radius 1 is 1.32 bits per heavy atom. The van der Waals surface area contributed by atoms with Crippen molar-refractivity contribution in [1.29, 1.82) is 0 Å². The standard InChI is InChI=1S/C15H25BrN2O/c1-11(2)10-18(7-8-19-4)15-6-5-13(16)9-14(15)12(3)17/h5-6,9,11-12H,7-8,10,17H2,1-4H3. The summed E-state index contributed by atoms with van der Waals surface area (Å²) >= 11 is 3.52. The Bertz CT molecular complexity index is 394. The van der Waals surface area contributed by atoms with Gasteiger partial charge in [-0.25, -0.2) is 0 Å². The molecule has 0 aliphatic rings. The first-order valence-electron chi connectivity index (χ1n) is 6.74. The van der Waals surface area contributed by atoms with Gasteiger partial charge in [-0.15, -0.1) is 0 Å². The van der Waals surface area contributed by atoms with Crippen LogP contribution in [0.5, 0.6) is 0 Å². The SMILES string of the molecule is COCCN(CC(C)C)c1ccc(Br)cc1C(C)N. The van der Waals surface area contributed by atoms with Crippen molar-refractivity contribution in [3.63, 3.8) is 0 Å². The molecule has 0 aliphatic heterocycles. The van der Waals surface area contributed by atoms with Crippen molar-refractivity contribution in [3.8, 4) is 0 Å². The van der Waals surface area contributed by atoms with Crippen LogP contribution in [0.25, 0.3) is 0 Å². The molecule has 0 bridgehead atoms. The second kappa shape index (κ2) is 7.88. The van der Waals surface area contributed by atoms with Crippen molar-refractivity contribution in [3.05, 3.63) is 28.2 Å². The fourth-order valence-corrected chi connectivity index (χ4v) is 2.51. The van der Waals surface area contributed by atoms with E-state index in [2.05, 4.69) is 52.9 Å². The van der Waals surface area contributed by atoms with Crippen LogP contribution < -0.4 is 10.6 Å². The summed E-state index contributed by atoms with van der Waals surface area (Å²) in [6.07, 6.45) is 0. The molecule has 1 aromatic carbocycles. The largest absolute Gasteiger partial charge is 0.383 e. The van der Waals surface area contributed by atoms with Gasteiger partial charge in [-0.2, -0.15) is 0 Å². The van der Waals surface area contributed by atoms with Crippen molar-refractivity contribution in [2.45, 2.75) is 26.8 Å². The normalized spacial score (nSPS) is 12.8. The van der Waals surface area contributed by atoms with Gasteiger partial charge in [0.05, 0.1) is 6.61 Å². The Morgan fingerprint density at radius 3 is 2.53 bits per heavy atom. The number of hydrogen-bond acceptors (Lipinski definition) is 3. The number of nitrogens with zero attached hydrogens (tertiary/aromatic N) is 1. The Hall–Kier alpha value is -0.580. The van der Waals surface area contributed by atoms with Crippen LogP contribution >= 0.6 is 15.9 Å². The van der Waals surface area contributed by atoms with Crippen LogP contribution in [-0.2, 0) is 4.74 Å². The highest BCUT2D eigenvalue weighted by Gasteiger charge is 2.15. The van der Waals surface area contributed by atoms with E-state index in [1.165, 1.54) is 11.3 Å². The van der Waals surface area contributed by atoms with Crippen LogP contribution in [0.2, 0.25) is 0 Å². The minimum atomic E-state index is 0.0182. The summed E-state index contributed by atoms with van der Waals surface area (Å²) < 4.78 is 6.29. The molecule has 0 aliphatic carbocycles. The van der Waals surface area contributed by atoms with Crippen molar-refractivity contribution in [2.75, 3.05) is 31.7 Å². The molecule has 1 rings (SSSR count). The van der Waals surface area contributed by atoms with Gasteiger partial charge in [0, 0.05) is 36.4 Å². The maximum atomic E-state index is 6.10. The molecule has 0 fully saturated rings. The zero-order chi connectivity index (χ0) is 14.4. The van der Waals surface area contributed by atoms with Crippen LogP contribution in [0.15, 0.2) is 22.7 Å². The number of anilines is 1. The maximum Gasteiger partial charge on any atom is 0.0637 e. The van der Waals surface area contributed by atoms with Gasteiger partial charge < -0.3 is 15.4 Å². The number of methoxy groups -OCH3 is 1. The lowest BCUT2D eigenvalue weighted by Crippen LogP contribution is -2.32. The van der Waals surface area contributed by atoms with Gasteiger partial charge in [0.15, 0.2) is 0 Å². The molecule has 0 radical (unpaired) electrons. The lowest BCUT2D eigenvalue weighted by Gasteiger charge is -2.29. The average Bonchev–Trinajstić information content (AvgIpc) is 2.34. The smallest absolute Gasteiger partial charge is 0.0637 e. The summed E-state index contributed by atoms with van der Waals surface area (Å²) in [6.45, 7) is 9.09. The molecule has 1 atom stereocenters. The van der Waals surface area contributed by atoms with E-state index in [0.717, 1.165) is 24.2 Å². The predicted octanol–water partition coefficient (Wildman–Crippen LogP) is 3.58. The van der Waals surface area contributed by atoms with Gasteiger partial charge in [-0.3, -0.25) is 0 Å². The third-order valence-electron chi connectivity index (χ3n) is 2.97. The molecule has 19 heavy (non-hydrogen) atoms. The molecular weight excluding hydrogens is 304 g/mol. The molecule has 1 aromatic rings. The zero-order valence-electron chi connectivity index (χ0n) is 12.3. The highest BCUT2D eigenvalue weighted by molar-refractivity contribution is 9.10. The van der Waals surface area contributed by atoms with Crippen molar-refractivity contribution < 1.29 is 4.74 Å². The van der Waals surface area contributed by atoms with Crippen LogP contribution in [0.4, 0.5) is 5.69 Å². The lowest BCUT2D eigenvalue weighted by atomic mass is 10.0. The second-order valence-corrected chi connectivity index (χ2v) is 6.24. The molecule has 108 valence electrons. The number of benzene rings is 1. The van der Waals surface area contributed by atoms with Crippen molar-refractivity contribution in [2.24, 2.45) is 11.7 Å². The fraction of sp³-hybridized carbons (Fsp3) is 0.600. The summed E-state index contributed by atoms with van der Waals surface area (Å²) in [5.41, 5.74) is 8.49. The number of hydrogen-bond donors (Lipinski definition) is 1. The van der Waals surface area contributed by atoms with Gasteiger partial charge in [0.25, 0.3) is 0 Å². The molecular formula is C15H25BrN2O. The number of ether oxygens (including phenoxy) is 1. The third-order valence-corrected chi connectivity index (χ3v) is 3.46. The number of halogens is 1. The van der Waals surface area contributed by atoms with Gasteiger partial charge in [-0.1, -0.05) is 29.8 Å². The first kappa shape index (κ1) is 16.5. The highest BCUT2D eigenvalue weighted by atomic mass is 79.9. The van der Waals surface area contributed by atoms with Crippen molar-refractivity contribution >= 4 is 21.6 Å². The highest BCUT2D eigenvalue weighted by Crippen LogP contribution is 2.29. The fourth-order valence-electron chi connectivity index (χ4n) is 2.13. The molecule has 0 heterocycles. The van der Waals surface area contributed by atoms with Crippen molar-refractivity contribution in [1.82, 2.24) is 0 Å². The summed E-state index contributed by atoms with van der Waals surface area (Å²) in [6, 6.07) is 6.34. The summed E-state index contributed by atoms with van der Waals surface area (Å²) in [5, 5.41) is 0. The third kappa shape index (κ3) is 5.13. The van der Waals surface area contributed by atoms with Crippen LogP contribution in [0, 0.1) is 5.92 Å². The average molecular weight is 329 g/mol. The first-order valence-corrected chi connectivity index (χ1v) is 7.54. The summed E-state index contributed by atoms with van der Waals surface area (Å²) in [5.74, 6) is 0.599. The second-order valence-electron chi connectivity index (χ2n) is 5.32. The monoisotopic (exact) mass is 328 g/mol. The van der Waals surface area contributed by atoms with Crippen LogP contribution in [0.1, 0.15) is 32.4 Å². The molecule has 3 nitrogen and oxygen atoms in total. The Balaban J connectivity index is 3.05. The minimum absolute atomic E-state index is 0.0182. The first-order chi connectivity index (χ1) is 8.95. The maximum absolute atomic E-state index is 6.10. The Kier molecular flexibility index (Phi) is 6.83. The summed E-state index contributed by atoms with van der Waals surface area (Å²) in [4.78, 5) is 2.36. The van der Waals surface area contributed by atoms with E-state index in [1.54, 1.807) is 7.11 Å². The molecule has 0 saturated carbocycles. The molecule has 0 spiro atoms. The Labute approximate surface area is 125 Å². The molecule has 0 saturated heterocycles. The minimum Gasteiger partial charge on any atom is -0.383 e. The Morgan fingerprint density at radius 2 is 2.00 bits per heavy atom. The van der Waals surface area contributed by atoms with E-state index in [-0.39, 0.29) is 6.04 Å². The van der Waals surface area contributed by atoms with E-state index in [1.807, 2.05) is 6.92 Å². The zero-order valence-corrected chi connectivity index (χ0v) is 13.9. The molecule has 0 aromatic heterocycles. The topological polar surface area (TPSA) is 38.5 Å². The predicted molar refractivity (Wildman–Crippen MR) is 85.7 cm³/mol. The van der Waals surface area contributed by atoms with Crippen LogP contribution in [0.3, 0.4) is 0 Å². The molecule has 1 unspecified atom stereocenters. The van der Waals surface area contributed by atoms with E-state index < -0.39 is 0 Å². The molecule has 0 amide bonds. The summed E-state index contributed by atoms with van der Waals surface area (Å²) in [7, 11) is 1.74. The quantitative estimate of drug-likeness (QED) is 0.831. The lowest BCUT2D eigenvalue weighted by molar-refractivity contribution is 0.204. The molecule has 2 N–H and O–H groups in total. The van der Waals surface area contributed by atoms with Gasteiger partial charge in [0.1, 0.15) is 0 Å².